The zero-order valence-electron chi connectivity index (χ0n) is 12.8. The van der Waals surface area contributed by atoms with E-state index in [1.165, 1.54) is 0 Å². The molecule has 0 unspecified atom stereocenters. The lowest BCUT2D eigenvalue weighted by Gasteiger charge is -2.16. The van der Waals surface area contributed by atoms with Crippen molar-refractivity contribution in [2.24, 2.45) is 0 Å². The molecule has 3 rings (SSSR count). The number of hydrogen-bond acceptors (Lipinski definition) is 3. The van der Waals surface area contributed by atoms with Gasteiger partial charge in [-0.3, -0.25) is 4.79 Å². The predicted molar refractivity (Wildman–Crippen MR) is 85.0 cm³/mol. The fourth-order valence-electron chi connectivity index (χ4n) is 2.75. The molecule has 1 fully saturated rings. The van der Waals surface area contributed by atoms with Crippen molar-refractivity contribution in [3.05, 3.63) is 51.8 Å². The maximum absolute atomic E-state index is 12.7. The third-order valence-electron chi connectivity index (χ3n) is 4.01. The van der Waals surface area contributed by atoms with E-state index in [2.05, 4.69) is 6.07 Å². The lowest BCUT2D eigenvalue weighted by Crippen LogP contribution is -2.24. The number of methoxy groups -OCH3 is 1. The lowest BCUT2D eigenvalue weighted by atomic mass is 10.0. The van der Waals surface area contributed by atoms with Crippen molar-refractivity contribution >= 4 is 0 Å². The Labute approximate surface area is 129 Å². The Balaban J connectivity index is 2.24. The Hall–Kier alpha value is -2.54. The van der Waals surface area contributed by atoms with Crippen molar-refractivity contribution in [3.63, 3.8) is 0 Å². The topological polar surface area (TPSA) is 55.0 Å². The maximum Gasteiger partial charge on any atom is 0.255 e. The highest BCUT2D eigenvalue weighted by Gasteiger charge is 2.28. The van der Waals surface area contributed by atoms with E-state index >= 15 is 0 Å². The van der Waals surface area contributed by atoms with Crippen molar-refractivity contribution in [1.29, 1.82) is 5.26 Å². The van der Waals surface area contributed by atoms with Gasteiger partial charge in [-0.05, 0) is 38.0 Å². The Morgan fingerprint density at radius 2 is 2.09 bits per heavy atom. The van der Waals surface area contributed by atoms with Gasteiger partial charge in [-0.1, -0.05) is 17.7 Å². The number of rotatable bonds is 4. The summed E-state index contributed by atoms with van der Waals surface area (Å²) >= 11 is 0. The van der Waals surface area contributed by atoms with Crippen LogP contribution < -0.4 is 10.3 Å². The van der Waals surface area contributed by atoms with E-state index in [0.717, 1.165) is 35.4 Å². The number of benzene rings is 1. The Morgan fingerprint density at radius 3 is 2.73 bits per heavy atom. The average Bonchev–Trinajstić information content (AvgIpc) is 3.34. The standard InChI is InChI=1S/C18H18N2O2/c1-12-3-8-17(22-2)15(11-12)16-7-4-13(9-10-19)18(21)20(16)14-5-6-14/h3-4,7-8,11,14H,5-6,9H2,1-2H3. The molecule has 1 aliphatic carbocycles. The molecule has 0 saturated heterocycles. The van der Waals surface area contributed by atoms with Crippen molar-refractivity contribution in [1.82, 2.24) is 4.57 Å². The van der Waals surface area contributed by atoms with E-state index in [1.54, 1.807) is 13.2 Å². The second-order valence-corrected chi connectivity index (χ2v) is 5.69. The molecule has 0 aliphatic heterocycles. The summed E-state index contributed by atoms with van der Waals surface area (Å²) in [6, 6.07) is 12.0. The van der Waals surface area contributed by atoms with Crippen molar-refractivity contribution in [2.75, 3.05) is 7.11 Å². The number of nitrogens with zero attached hydrogens (tertiary/aromatic N) is 2. The molecular formula is C18H18N2O2. The van der Waals surface area contributed by atoms with Gasteiger partial charge in [-0.25, -0.2) is 0 Å². The molecule has 0 spiro atoms. The molecule has 0 amide bonds. The Morgan fingerprint density at radius 1 is 1.32 bits per heavy atom. The highest BCUT2D eigenvalue weighted by atomic mass is 16.5. The lowest BCUT2D eigenvalue weighted by molar-refractivity contribution is 0.416. The molecule has 22 heavy (non-hydrogen) atoms. The highest BCUT2D eigenvalue weighted by Crippen LogP contribution is 2.39. The first-order valence-corrected chi connectivity index (χ1v) is 7.42. The predicted octanol–water partition coefficient (Wildman–Crippen LogP) is 3.23. The number of hydrogen-bond donors (Lipinski definition) is 0. The maximum atomic E-state index is 12.7. The molecule has 0 N–H and O–H groups in total. The Kier molecular flexibility index (Phi) is 3.72. The van der Waals surface area contributed by atoms with Gasteiger partial charge < -0.3 is 9.30 Å². The SMILES string of the molecule is COc1ccc(C)cc1-c1ccc(CC#N)c(=O)n1C1CC1. The molecular weight excluding hydrogens is 276 g/mol. The normalized spacial score (nSPS) is 13.7. The quantitative estimate of drug-likeness (QED) is 0.870. The minimum absolute atomic E-state index is 0.0508. The van der Waals surface area contributed by atoms with Gasteiger partial charge in [0.2, 0.25) is 0 Å². The molecule has 1 saturated carbocycles. The fraction of sp³-hybridized carbons (Fsp3) is 0.333. The van der Waals surface area contributed by atoms with E-state index in [9.17, 15) is 4.79 Å². The third-order valence-corrected chi connectivity index (χ3v) is 4.01. The first-order chi connectivity index (χ1) is 10.7. The zero-order valence-corrected chi connectivity index (χ0v) is 12.8. The number of pyridine rings is 1. The van der Waals surface area contributed by atoms with Gasteiger partial charge in [0.1, 0.15) is 5.75 Å². The Bertz CT molecular complexity index is 811. The minimum Gasteiger partial charge on any atom is -0.496 e. The summed E-state index contributed by atoms with van der Waals surface area (Å²) in [5.74, 6) is 0.757. The summed E-state index contributed by atoms with van der Waals surface area (Å²) in [5, 5.41) is 8.88. The number of ether oxygens (including phenoxy) is 1. The molecule has 1 aromatic carbocycles. The van der Waals surface area contributed by atoms with E-state index in [4.69, 9.17) is 10.00 Å². The number of aryl methyl sites for hydroxylation is 1. The van der Waals surface area contributed by atoms with Crippen molar-refractivity contribution in [3.8, 4) is 23.1 Å². The van der Waals surface area contributed by atoms with Crippen molar-refractivity contribution in [2.45, 2.75) is 32.2 Å². The van der Waals surface area contributed by atoms with Crippen LogP contribution in [0.15, 0.2) is 35.1 Å². The van der Waals surface area contributed by atoms with Crippen LogP contribution in [0.3, 0.4) is 0 Å². The van der Waals surface area contributed by atoms with Gasteiger partial charge in [-0.2, -0.15) is 5.26 Å². The average molecular weight is 294 g/mol. The van der Waals surface area contributed by atoms with Crippen LogP contribution in [0, 0.1) is 18.3 Å². The van der Waals surface area contributed by atoms with Gasteiger partial charge in [0.25, 0.3) is 5.56 Å². The fourth-order valence-corrected chi connectivity index (χ4v) is 2.75. The van der Waals surface area contributed by atoms with Gasteiger partial charge in [0.05, 0.1) is 25.3 Å². The van der Waals surface area contributed by atoms with Crippen LogP contribution in [-0.2, 0) is 6.42 Å². The summed E-state index contributed by atoms with van der Waals surface area (Å²) in [6.07, 6.45) is 2.17. The molecule has 1 aromatic heterocycles. The molecule has 0 atom stereocenters. The summed E-state index contributed by atoms with van der Waals surface area (Å²) in [7, 11) is 1.64. The van der Waals surface area contributed by atoms with Gasteiger partial charge in [0, 0.05) is 17.2 Å². The van der Waals surface area contributed by atoms with Crippen LogP contribution in [0.5, 0.6) is 5.75 Å². The monoisotopic (exact) mass is 294 g/mol. The van der Waals surface area contributed by atoms with Crippen molar-refractivity contribution < 1.29 is 4.74 Å². The molecule has 1 heterocycles. The summed E-state index contributed by atoms with van der Waals surface area (Å²) in [6.45, 7) is 2.02. The zero-order chi connectivity index (χ0) is 15.7. The second kappa shape index (κ2) is 5.69. The van der Waals surface area contributed by atoms with Crippen LogP contribution in [0.25, 0.3) is 11.3 Å². The minimum atomic E-state index is -0.0508. The van der Waals surface area contributed by atoms with Gasteiger partial charge in [0.15, 0.2) is 0 Å². The van der Waals surface area contributed by atoms with Crippen LogP contribution in [0.4, 0.5) is 0 Å². The third kappa shape index (κ3) is 2.50. The van der Waals surface area contributed by atoms with E-state index < -0.39 is 0 Å². The molecule has 112 valence electrons. The van der Waals surface area contributed by atoms with Crippen LogP contribution in [-0.4, -0.2) is 11.7 Å². The summed E-state index contributed by atoms with van der Waals surface area (Å²) in [4.78, 5) is 12.7. The molecule has 4 heteroatoms. The first-order valence-electron chi connectivity index (χ1n) is 7.42. The number of nitriles is 1. The molecule has 1 aliphatic rings. The smallest absolute Gasteiger partial charge is 0.255 e. The molecule has 0 bridgehead atoms. The molecule has 2 aromatic rings. The second-order valence-electron chi connectivity index (χ2n) is 5.69. The van der Waals surface area contributed by atoms with E-state index in [-0.39, 0.29) is 18.0 Å². The summed E-state index contributed by atoms with van der Waals surface area (Å²) < 4.78 is 7.30. The first kappa shape index (κ1) is 14.4. The van der Waals surface area contributed by atoms with E-state index in [1.807, 2.05) is 35.8 Å². The largest absolute Gasteiger partial charge is 0.496 e. The van der Waals surface area contributed by atoms with Crippen LogP contribution >= 0.6 is 0 Å². The van der Waals surface area contributed by atoms with Crippen LogP contribution in [0.1, 0.15) is 30.0 Å². The highest BCUT2D eigenvalue weighted by molar-refractivity contribution is 5.69. The molecule has 4 nitrogen and oxygen atoms in total. The van der Waals surface area contributed by atoms with Crippen LogP contribution in [0.2, 0.25) is 0 Å². The van der Waals surface area contributed by atoms with Gasteiger partial charge >= 0.3 is 0 Å². The summed E-state index contributed by atoms with van der Waals surface area (Å²) in [5.41, 5.74) is 3.42. The van der Waals surface area contributed by atoms with Gasteiger partial charge in [-0.15, -0.1) is 0 Å². The number of aromatic nitrogens is 1. The van der Waals surface area contributed by atoms with E-state index in [0.29, 0.717) is 5.56 Å². The molecule has 0 radical (unpaired) electrons.